The molecule has 1 N–H and O–H groups in total. The highest BCUT2D eigenvalue weighted by atomic mass is 32.1. The van der Waals surface area contributed by atoms with E-state index in [0.717, 1.165) is 12.5 Å². The van der Waals surface area contributed by atoms with Crippen LogP contribution in [-0.4, -0.2) is 66.0 Å². The second-order valence-corrected chi connectivity index (χ2v) is 5.94. The summed E-state index contributed by atoms with van der Waals surface area (Å²) in [5.41, 5.74) is 0. The molecule has 0 aliphatic carbocycles. The summed E-state index contributed by atoms with van der Waals surface area (Å²) in [7, 11) is 0. The van der Waals surface area contributed by atoms with Gasteiger partial charge in [0.05, 0.1) is 6.61 Å². The van der Waals surface area contributed by atoms with Gasteiger partial charge in [-0.3, -0.25) is 0 Å². The summed E-state index contributed by atoms with van der Waals surface area (Å²) < 4.78 is 0. The van der Waals surface area contributed by atoms with E-state index < -0.39 is 0 Å². The third kappa shape index (κ3) is 3.62. The zero-order chi connectivity index (χ0) is 11.4. The highest BCUT2D eigenvalue weighted by Crippen LogP contribution is 2.21. The lowest BCUT2D eigenvalue weighted by molar-refractivity contribution is 0.130. The number of nitrogens with zero attached hydrogens (tertiary/aromatic N) is 2. The topological polar surface area (TPSA) is 26.7 Å². The highest BCUT2D eigenvalue weighted by molar-refractivity contribution is 7.81. The summed E-state index contributed by atoms with van der Waals surface area (Å²) in [6.45, 7) is 7.19. The average Bonchev–Trinajstić information content (AvgIpc) is 2.67. The molecule has 0 aromatic carbocycles. The molecule has 2 fully saturated rings. The second-order valence-electron chi connectivity index (χ2n) is 5.21. The van der Waals surface area contributed by atoms with Crippen LogP contribution >= 0.6 is 12.6 Å². The van der Waals surface area contributed by atoms with Gasteiger partial charge >= 0.3 is 0 Å². The van der Waals surface area contributed by atoms with Gasteiger partial charge in [0.25, 0.3) is 0 Å². The van der Waals surface area contributed by atoms with E-state index in [1.165, 1.54) is 52.0 Å². The van der Waals surface area contributed by atoms with E-state index in [2.05, 4.69) is 22.4 Å². The molecule has 4 heteroatoms. The Kier molecular flexibility index (Phi) is 4.95. The summed E-state index contributed by atoms with van der Waals surface area (Å²) in [5, 5.41) is 9.49. The first-order valence-corrected chi connectivity index (χ1v) is 7.03. The smallest absolute Gasteiger partial charge is 0.0558 e. The van der Waals surface area contributed by atoms with Crippen molar-refractivity contribution >= 4 is 12.6 Å². The number of piperidine rings is 1. The van der Waals surface area contributed by atoms with Crippen molar-refractivity contribution in [3.8, 4) is 0 Å². The average molecular weight is 244 g/mol. The first kappa shape index (κ1) is 12.7. The first-order valence-electron chi connectivity index (χ1n) is 6.51. The van der Waals surface area contributed by atoms with Crippen LogP contribution in [0, 0.1) is 5.92 Å². The number of hydrogen-bond donors (Lipinski definition) is 2. The number of likely N-dealkylation sites (tertiary alicyclic amines) is 2. The van der Waals surface area contributed by atoms with Crippen LogP contribution in [-0.2, 0) is 0 Å². The molecular weight excluding hydrogens is 220 g/mol. The molecule has 0 aromatic rings. The number of aliphatic hydroxyl groups excluding tert-OH is 1. The fourth-order valence-electron chi connectivity index (χ4n) is 2.88. The fraction of sp³-hybridized carbons (Fsp3) is 1.00. The molecule has 2 heterocycles. The minimum Gasteiger partial charge on any atom is -0.395 e. The van der Waals surface area contributed by atoms with E-state index in [0.29, 0.717) is 11.9 Å². The molecule has 1 atom stereocenters. The van der Waals surface area contributed by atoms with E-state index in [1.54, 1.807) is 0 Å². The molecule has 3 nitrogen and oxygen atoms in total. The van der Waals surface area contributed by atoms with Crippen LogP contribution in [0.15, 0.2) is 0 Å². The molecule has 0 amide bonds. The largest absolute Gasteiger partial charge is 0.395 e. The molecule has 2 aliphatic heterocycles. The summed E-state index contributed by atoms with van der Waals surface area (Å²) in [4.78, 5) is 4.95. The summed E-state index contributed by atoms with van der Waals surface area (Å²) in [6.07, 6.45) is 3.86. The molecule has 0 radical (unpaired) electrons. The van der Waals surface area contributed by atoms with Crippen molar-refractivity contribution in [1.82, 2.24) is 9.80 Å². The van der Waals surface area contributed by atoms with Crippen molar-refractivity contribution in [2.75, 3.05) is 45.9 Å². The zero-order valence-electron chi connectivity index (χ0n) is 10.0. The maximum absolute atomic E-state index is 8.88. The van der Waals surface area contributed by atoms with Gasteiger partial charge in [-0.05, 0) is 44.8 Å². The van der Waals surface area contributed by atoms with Gasteiger partial charge in [-0.1, -0.05) is 0 Å². The number of β-amino-alcohol motifs (C(OH)–C–C–N with tert-alkyl or cyclic N) is 1. The van der Waals surface area contributed by atoms with E-state index in [9.17, 15) is 0 Å². The molecule has 0 saturated carbocycles. The van der Waals surface area contributed by atoms with Gasteiger partial charge in [0.2, 0.25) is 0 Å². The van der Waals surface area contributed by atoms with Crippen LogP contribution in [0.2, 0.25) is 0 Å². The lowest BCUT2D eigenvalue weighted by Crippen LogP contribution is -2.39. The monoisotopic (exact) mass is 244 g/mol. The Morgan fingerprint density at radius 3 is 2.31 bits per heavy atom. The normalized spacial score (nSPS) is 30.0. The van der Waals surface area contributed by atoms with Crippen molar-refractivity contribution in [2.45, 2.75) is 24.5 Å². The van der Waals surface area contributed by atoms with Gasteiger partial charge in [0, 0.05) is 24.9 Å². The van der Waals surface area contributed by atoms with Gasteiger partial charge in [-0.25, -0.2) is 0 Å². The lowest BCUT2D eigenvalue weighted by Gasteiger charge is -2.33. The molecular formula is C12H24N2OS. The van der Waals surface area contributed by atoms with Crippen LogP contribution in [0.4, 0.5) is 0 Å². The molecule has 16 heavy (non-hydrogen) atoms. The Morgan fingerprint density at radius 2 is 1.75 bits per heavy atom. The van der Waals surface area contributed by atoms with E-state index in [1.807, 2.05) is 0 Å². The zero-order valence-corrected chi connectivity index (χ0v) is 10.9. The predicted molar refractivity (Wildman–Crippen MR) is 70.1 cm³/mol. The maximum atomic E-state index is 8.88. The molecule has 94 valence electrons. The Balaban J connectivity index is 1.65. The molecule has 0 aromatic heterocycles. The Hall–Kier alpha value is 0.230. The third-order valence-electron chi connectivity index (χ3n) is 3.89. The van der Waals surface area contributed by atoms with Gasteiger partial charge in [-0.2, -0.15) is 12.6 Å². The van der Waals surface area contributed by atoms with Gasteiger partial charge < -0.3 is 14.9 Å². The Morgan fingerprint density at radius 1 is 1.06 bits per heavy atom. The summed E-state index contributed by atoms with van der Waals surface area (Å²) in [5.74, 6) is 0.869. The summed E-state index contributed by atoms with van der Waals surface area (Å²) >= 11 is 4.53. The predicted octanol–water partition coefficient (Wildman–Crippen LogP) is 0.695. The van der Waals surface area contributed by atoms with Crippen LogP contribution in [0.1, 0.15) is 19.3 Å². The van der Waals surface area contributed by atoms with Crippen molar-refractivity contribution in [3.63, 3.8) is 0 Å². The van der Waals surface area contributed by atoms with E-state index >= 15 is 0 Å². The van der Waals surface area contributed by atoms with Crippen molar-refractivity contribution < 1.29 is 5.11 Å². The van der Waals surface area contributed by atoms with Crippen molar-refractivity contribution in [1.29, 1.82) is 0 Å². The number of hydrogen-bond acceptors (Lipinski definition) is 4. The van der Waals surface area contributed by atoms with Crippen LogP contribution < -0.4 is 0 Å². The quantitative estimate of drug-likeness (QED) is 0.713. The van der Waals surface area contributed by atoms with Crippen LogP contribution in [0.25, 0.3) is 0 Å². The van der Waals surface area contributed by atoms with Gasteiger partial charge in [0.15, 0.2) is 0 Å². The first-order chi connectivity index (χ1) is 7.78. The molecule has 0 unspecified atom stereocenters. The van der Waals surface area contributed by atoms with Crippen molar-refractivity contribution in [3.05, 3.63) is 0 Å². The molecule has 0 bridgehead atoms. The second kappa shape index (κ2) is 6.24. The highest BCUT2D eigenvalue weighted by Gasteiger charge is 2.24. The Labute approximate surface area is 104 Å². The standard InChI is InChI=1S/C12H24N2OS/c15-8-7-13-4-1-11(2-5-13)9-14-6-3-12(16)10-14/h11-12,15-16H,1-10H2/t12-/m0/s1. The Bertz CT molecular complexity index is 207. The van der Waals surface area contributed by atoms with Gasteiger partial charge in [0.1, 0.15) is 0 Å². The SMILES string of the molecule is OCCN1CCC(CN2CC[C@H](S)C2)CC1. The summed E-state index contributed by atoms with van der Waals surface area (Å²) in [6, 6.07) is 0. The van der Waals surface area contributed by atoms with E-state index in [-0.39, 0.29) is 0 Å². The number of rotatable bonds is 4. The van der Waals surface area contributed by atoms with Crippen molar-refractivity contribution in [2.24, 2.45) is 5.92 Å². The number of thiol groups is 1. The molecule has 2 aliphatic rings. The van der Waals surface area contributed by atoms with E-state index in [4.69, 9.17) is 5.11 Å². The van der Waals surface area contributed by atoms with Crippen LogP contribution in [0.5, 0.6) is 0 Å². The fourth-order valence-corrected chi connectivity index (χ4v) is 3.22. The minimum absolute atomic E-state index is 0.304. The lowest BCUT2D eigenvalue weighted by atomic mass is 9.96. The number of aliphatic hydroxyl groups is 1. The van der Waals surface area contributed by atoms with Crippen LogP contribution in [0.3, 0.4) is 0 Å². The maximum Gasteiger partial charge on any atom is 0.0558 e. The minimum atomic E-state index is 0.304. The molecule has 2 rings (SSSR count). The van der Waals surface area contributed by atoms with Gasteiger partial charge in [-0.15, -0.1) is 0 Å². The molecule has 2 saturated heterocycles. The third-order valence-corrected chi connectivity index (χ3v) is 4.31. The molecule has 0 spiro atoms.